The second-order valence-electron chi connectivity index (χ2n) is 3.94. The lowest BCUT2D eigenvalue weighted by Gasteiger charge is -2.03. The van der Waals surface area contributed by atoms with E-state index in [4.69, 9.17) is 10.00 Å². The van der Waals surface area contributed by atoms with Crippen LogP contribution in [0.15, 0.2) is 48.5 Å². The number of nitriles is 1. The third kappa shape index (κ3) is 3.48. The van der Waals surface area contributed by atoms with Crippen molar-refractivity contribution in [3.05, 3.63) is 65.2 Å². The first kappa shape index (κ1) is 13.4. The molecule has 0 saturated heterocycles. The van der Waals surface area contributed by atoms with Crippen LogP contribution in [-0.2, 0) is 0 Å². The lowest BCUT2D eigenvalue weighted by Crippen LogP contribution is -1.97. The monoisotopic (exact) mass is 261 g/mol. The van der Waals surface area contributed by atoms with Crippen LogP contribution in [0.5, 0.6) is 5.75 Å². The van der Waals surface area contributed by atoms with Gasteiger partial charge in [0.1, 0.15) is 12.4 Å². The highest BCUT2D eigenvalue weighted by Crippen LogP contribution is 2.15. The van der Waals surface area contributed by atoms with Crippen molar-refractivity contribution in [2.45, 2.75) is 0 Å². The van der Waals surface area contributed by atoms with Crippen molar-refractivity contribution >= 4 is 6.29 Å². The van der Waals surface area contributed by atoms with Crippen LogP contribution in [0, 0.1) is 23.2 Å². The molecular formula is C17H11NO2. The first-order valence-electron chi connectivity index (χ1n) is 5.99. The molecule has 0 unspecified atom stereocenters. The molecule has 0 radical (unpaired) electrons. The molecule has 0 amide bonds. The van der Waals surface area contributed by atoms with Crippen molar-refractivity contribution in [3.63, 3.8) is 0 Å². The van der Waals surface area contributed by atoms with Gasteiger partial charge < -0.3 is 4.74 Å². The summed E-state index contributed by atoms with van der Waals surface area (Å²) in [5.74, 6) is 6.28. The number of rotatable bonds is 3. The molecule has 20 heavy (non-hydrogen) atoms. The molecule has 0 spiro atoms. The van der Waals surface area contributed by atoms with Crippen LogP contribution in [0.2, 0.25) is 0 Å². The van der Waals surface area contributed by atoms with E-state index in [1.807, 2.05) is 6.07 Å². The van der Waals surface area contributed by atoms with Gasteiger partial charge in [-0.15, -0.1) is 0 Å². The lowest BCUT2D eigenvalue weighted by atomic mass is 10.1. The number of benzene rings is 2. The topological polar surface area (TPSA) is 50.1 Å². The van der Waals surface area contributed by atoms with Crippen LogP contribution < -0.4 is 4.74 Å². The summed E-state index contributed by atoms with van der Waals surface area (Å²) < 4.78 is 5.44. The summed E-state index contributed by atoms with van der Waals surface area (Å²) in [6.07, 6.45) is 0.749. The Morgan fingerprint density at radius 3 is 2.70 bits per heavy atom. The predicted molar refractivity (Wildman–Crippen MR) is 75.4 cm³/mol. The number of hydrogen-bond acceptors (Lipinski definition) is 3. The molecule has 0 heterocycles. The Hall–Kier alpha value is -3.04. The van der Waals surface area contributed by atoms with E-state index in [9.17, 15) is 4.79 Å². The number of carbonyl (C=O) groups excluding carboxylic acids is 1. The maximum atomic E-state index is 10.8. The molecule has 0 aliphatic rings. The van der Waals surface area contributed by atoms with Crippen LogP contribution in [0.3, 0.4) is 0 Å². The molecule has 0 bridgehead atoms. The summed E-state index contributed by atoms with van der Waals surface area (Å²) in [5, 5.41) is 8.78. The van der Waals surface area contributed by atoms with Gasteiger partial charge in [0.25, 0.3) is 0 Å². The minimum atomic E-state index is 0.182. The van der Waals surface area contributed by atoms with E-state index in [2.05, 4.69) is 17.9 Å². The van der Waals surface area contributed by atoms with Gasteiger partial charge in [0.2, 0.25) is 0 Å². The Kier molecular flexibility index (Phi) is 4.54. The van der Waals surface area contributed by atoms with Gasteiger partial charge in [0, 0.05) is 5.56 Å². The largest absolute Gasteiger partial charge is 0.480 e. The average molecular weight is 261 g/mol. The fraction of sp³-hybridized carbons (Fsp3) is 0.0588. The minimum absolute atomic E-state index is 0.182. The standard InChI is InChI=1S/C17H11NO2/c18-12-15-6-3-5-14(11-15)7-4-10-20-17-9-2-1-8-16(17)13-19/h1-3,5-6,8-9,11,13H,10H2. The Morgan fingerprint density at radius 2 is 1.90 bits per heavy atom. The highest BCUT2D eigenvalue weighted by molar-refractivity contribution is 5.79. The highest BCUT2D eigenvalue weighted by atomic mass is 16.5. The summed E-state index contributed by atoms with van der Waals surface area (Å²) in [6, 6.07) is 16.1. The van der Waals surface area contributed by atoms with Crippen molar-refractivity contribution in [3.8, 4) is 23.7 Å². The maximum absolute atomic E-state index is 10.8. The van der Waals surface area contributed by atoms with Crippen LogP contribution >= 0.6 is 0 Å². The number of para-hydroxylation sites is 1. The van der Waals surface area contributed by atoms with Gasteiger partial charge >= 0.3 is 0 Å². The molecule has 3 nitrogen and oxygen atoms in total. The van der Waals surface area contributed by atoms with Gasteiger partial charge in [-0.05, 0) is 30.3 Å². The fourth-order valence-corrected chi connectivity index (χ4v) is 1.63. The van der Waals surface area contributed by atoms with Crippen LogP contribution in [0.25, 0.3) is 0 Å². The second-order valence-corrected chi connectivity index (χ2v) is 3.94. The van der Waals surface area contributed by atoms with Gasteiger partial charge in [0.15, 0.2) is 6.29 Å². The molecule has 0 aromatic heterocycles. The summed E-state index contributed by atoms with van der Waals surface area (Å²) in [7, 11) is 0. The van der Waals surface area contributed by atoms with Crippen molar-refractivity contribution in [2.24, 2.45) is 0 Å². The van der Waals surface area contributed by atoms with Gasteiger partial charge in [-0.25, -0.2) is 0 Å². The zero-order chi connectivity index (χ0) is 14.2. The normalized spacial score (nSPS) is 8.95. The average Bonchev–Trinajstić information content (AvgIpc) is 2.52. The molecule has 0 saturated carbocycles. The van der Waals surface area contributed by atoms with E-state index in [0.717, 1.165) is 11.8 Å². The van der Waals surface area contributed by atoms with E-state index in [-0.39, 0.29) is 6.61 Å². The van der Waals surface area contributed by atoms with Crippen LogP contribution in [-0.4, -0.2) is 12.9 Å². The number of carbonyl (C=O) groups is 1. The van der Waals surface area contributed by atoms with Crippen LogP contribution in [0.4, 0.5) is 0 Å². The Labute approximate surface area is 117 Å². The molecule has 0 fully saturated rings. The van der Waals surface area contributed by atoms with Crippen molar-refractivity contribution < 1.29 is 9.53 Å². The minimum Gasteiger partial charge on any atom is -0.480 e. The summed E-state index contributed by atoms with van der Waals surface area (Å²) in [4.78, 5) is 10.8. The summed E-state index contributed by atoms with van der Waals surface area (Å²) in [6.45, 7) is 0.182. The molecule has 0 aliphatic carbocycles. The lowest BCUT2D eigenvalue weighted by molar-refractivity contribution is 0.112. The van der Waals surface area contributed by atoms with Crippen molar-refractivity contribution in [1.82, 2.24) is 0 Å². The van der Waals surface area contributed by atoms with Gasteiger partial charge in [-0.2, -0.15) is 5.26 Å². The molecule has 96 valence electrons. The van der Waals surface area contributed by atoms with Crippen LogP contribution in [0.1, 0.15) is 21.5 Å². The Bertz CT molecular complexity index is 718. The first-order chi connectivity index (χ1) is 9.83. The number of nitrogens with zero attached hydrogens (tertiary/aromatic N) is 1. The van der Waals surface area contributed by atoms with E-state index in [0.29, 0.717) is 16.9 Å². The van der Waals surface area contributed by atoms with E-state index in [1.165, 1.54) is 0 Å². The zero-order valence-electron chi connectivity index (χ0n) is 10.7. The molecular weight excluding hydrogens is 250 g/mol. The molecule has 0 aliphatic heterocycles. The van der Waals surface area contributed by atoms with E-state index >= 15 is 0 Å². The number of hydrogen-bond donors (Lipinski definition) is 0. The summed E-state index contributed by atoms with van der Waals surface area (Å²) >= 11 is 0. The fourth-order valence-electron chi connectivity index (χ4n) is 1.63. The Balaban J connectivity index is 2.01. The Morgan fingerprint density at radius 1 is 1.10 bits per heavy atom. The maximum Gasteiger partial charge on any atom is 0.153 e. The third-order valence-corrected chi connectivity index (χ3v) is 2.57. The molecule has 0 atom stereocenters. The SMILES string of the molecule is N#Cc1cccc(C#CCOc2ccccc2C=O)c1. The molecule has 2 aromatic carbocycles. The molecule has 0 N–H and O–H groups in total. The number of aldehydes is 1. The molecule has 2 rings (SSSR count). The molecule has 2 aromatic rings. The third-order valence-electron chi connectivity index (χ3n) is 2.57. The predicted octanol–water partition coefficient (Wildman–Crippen LogP) is 2.80. The van der Waals surface area contributed by atoms with Crippen molar-refractivity contribution in [2.75, 3.05) is 6.61 Å². The van der Waals surface area contributed by atoms with Gasteiger partial charge in [-0.1, -0.05) is 30.0 Å². The highest BCUT2D eigenvalue weighted by Gasteiger charge is 1.99. The quantitative estimate of drug-likeness (QED) is 0.630. The van der Waals surface area contributed by atoms with Gasteiger partial charge in [0.05, 0.1) is 17.2 Å². The molecule has 3 heteroatoms. The van der Waals surface area contributed by atoms with E-state index < -0.39 is 0 Å². The smallest absolute Gasteiger partial charge is 0.153 e. The van der Waals surface area contributed by atoms with Crippen molar-refractivity contribution in [1.29, 1.82) is 5.26 Å². The van der Waals surface area contributed by atoms with Gasteiger partial charge in [-0.3, -0.25) is 4.79 Å². The first-order valence-corrected chi connectivity index (χ1v) is 5.99. The summed E-state index contributed by atoms with van der Waals surface area (Å²) in [5.41, 5.74) is 1.83. The zero-order valence-corrected chi connectivity index (χ0v) is 10.7. The van der Waals surface area contributed by atoms with E-state index in [1.54, 1.807) is 42.5 Å². The second kappa shape index (κ2) is 6.78. The number of ether oxygens (including phenoxy) is 1.